The number of carboxylic acid groups (broad SMARTS) is 1. The van der Waals surface area contributed by atoms with E-state index in [0.29, 0.717) is 5.75 Å². The van der Waals surface area contributed by atoms with E-state index in [1.54, 1.807) is 20.0 Å². The first-order chi connectivity index (χ1) is 17.1. The third kappa shape index (κ3) is 8.17. The summed E-state index contributed by atoms with van der Waals surface area (Å²) in [6.45, 7) is 3.48. The Balaban J connectivity index is 2.25. The molecule has 4 unspecified atom stereocenters. The van der Waals surface area contributed by atoms with Crippen molar-refractivity contribution in [3.05, 3.63) is 36.0 Å². The number of aliphatic carboxylic acids is 1. The fourth-order valence-electron chi connectivity index (χ4n) is 3.63. The van der Waals surface area contributed by atoms with Gasteiger partial charge in [0.1, 0.15) is 18.1 Å². The molecule has 0 aliphatic rings. The van der Waals surface area contributed by atoms with Crippen LogP contribution in [0.4, 0.5) is 0 Å². The number of rotatable bonds is 14. The van der Waals surface area contributed by atoms with Gasteiger partial charge in [-0.1, -0.05) is 32.0 Å². The lowest BCUT2D eigenvalue weighted by Gasteiger charge is -2.27. The highest BCUT2D eigenvalue weighted by atomic mass is 32.2. The summed E-state index contributed by atoms with van der Waals surface area (Å²) in [6, 6.07) is 3.55. The lowest BCUT2D eigenvalue weighted by molar-refractivity contribution is -0.142. The van der Waals surface area contributed by atoms with Crippen LogP contribution in [-0.2, 0) is 25.6 Å². The Kier molecular flexibility index (Phi) is 11.6. The number of thioether (sulfide) groups is 1. The van der Waals surface area contributed by atoms with Crippen molar-refractivity contribution in [2.45, 2.75) is 50.9 Å². The van der Waals surface area contributed by atoms with Gasteiger partial charge >= 0.3 is 5.97 Å². The normalized spacial score (nSPS) is 14.6. The molecule has 0 radical (unpaired) electrons. The van der Waals surface area contributed by atoms with Crippen LogP contribution in [0.3, 0.4) is 0 Å². The summed E-state index contributed by atoms with van der Waals surface area (Å²) in [5.74, 6) is -2.55. The van der Waals surface area contributed by atoms with E-state index in [4.69, 9.17) is 5.73 Å². The number of nitrogens with one attached hydrogen (secondary N) is 4. The van der Waals surface area contributed by atoms with Gasteiger partial charge < -0.3 is 31.8 Å². The number of fused-ring (bicyclic) bond motifs is 1. The highest BCUT2D eigenvalue weighted by Crippen LogP contribution is 2.19. The Morgan fingerprint density at radius 3 is 2.33 bits per heavy atom. The zero-order valence-electron chi connectivity index (χ0n) is 20.6. The van der Waals surface area contributed by atoms with Crippen LogP contribution in [0.15, 0.2) is 30.5 Å². The lowest BCUT2D eigenvalue weighted by atomic mass is 10.00. The molecule has 12 heteroatoms. The zero-order chi connectivity index (χ0) is 26.8. The maximum Gasteiger partial charge on any atom is 0.326 e. The molecule has 0 saturated heterocycles. The van der Waals surface area contributed by atoms with E-state index < -0.39 is 47.9 Å². The number of carboxylic acids is 1. The fraction of sp³-hybridized carbons (Fsp3) is 0.500. The number of nitrogens with two attached hydrogens (primary N) is 1. The molecule has 2 aromatic rings. The molecule has 7 N–H and O–H groups in total. The molecular weight excluding hydrogens is 502 g/mol. The van der Waals surface area contributed by atoms with Gasteiger partial charge in [-0.25, -0.2) is 4.79 Å². The second-order valence-electron chi connectivity index (χ2n) is 8.83. The van der Waals surface area contributed by atoms with Gasteiger partial charge in [0, 0.05) is 29.3 Å². The summed E-state index contributed by atoms with van der Waals surface area (Å²) in [5.41, 5.74) is 7.49. The largest absolute Gasteiger partial charge is 0.480 e. The minimum Gasteiger partial charge on any atom is -0.480 e. The number of carbonyl (C=O) groups excluding carboxylic acids is 3. The Hall–Kier alpha value is -2.70. The number of aromatic nitrogens is 1. The smallest absolute Gasteiger partial charge is 0.326 e. The van der Waals surface area contributed by atoms with E-state index in [0.717, 1.165) is 16.5 Å². The van der Waals surface area contributed by atoms with Gasteiger partial charge in [0.05, 0.1) is 6.04 Å². The number of aromatic amines is 1. The third-order valence-corrected chi connectivity index (χ3v) is 6.77. The molecule has 4 atom stereocenters. The monoisotopic (exact) mass is 537 g/mol. The second-order valence-corrected chi connectivity index (χ2v) is 10.2. The van der Waals surface area contributed by atoms with E-state index in [-0.39, 0.29) is 24.5 Å². The van der Waals surface area contributed by atoms with E-state index in [1.165, 1.54) is 11.8 Å². The number of amides is 3. The summed E-state index contributed by atoms with van der Waals surface area (Å²) in [7, 11) is 0. The number of hydrogen-bond acceptors (Lipinski definition) is 7. The second kappa shape index (κ2) is 14.1. The van der Waals surface area contributed by atoms with Crippen LogP contribution < -0.4 is 21.7 Å². The van der Waals surface area contributed by atoms with Crippen LogP contribution in [0.25, 0.3) is 10.9 Å². The minimum atomic E-state index is -1.14. The van der Waals surface area contributed by atoms with Crippen LogP contribution in [0, 0.1) is 5.92 Å². The molecule has 2 rings (SSSR count). The summed E-state index contributed by atoms with van der Waals surface area (Å²) < 4.78 is 0. The topological polar surface area (TPSA) is 166 Å². The minimum absolute atomic E-state index is 0.0942. The molecule has 36 heavy (non-hydrogen) atoms. The molecule has 0 fully saturated rings. The predicted octanol–water partition coefficient (Wildman–Crippen LogP) is 0.916. The molecule has 1 heterocycles. The quantitative estimate of drug-likeness (QED) is 0.176. The van der Waals surface area contributed by atoms with E-state index in [1.807, 2.05) is 30.5 Å². The lowest BCUT2D eigenvalue weighted by Crippen LogP contribution is -2.59. The van der Waals surface area contributed by atoms with Crippen LogP contribution in [-0.4, -0.2) is 75.7 Å². The molecule has 0 aliphatic carbocycles. The van der Waals surface area contributed by atoms with Crippen molar-refractivity contribution >= 4 is 59.0 Å². The average Bonchev–Trinajstić information content (AvgIpc) is 3.26. The van der Waals surface area contributed by atoms with Crippen molar-refractivity contribution in [2.75, 3.05) is 17.8 Å². The summed E-state index contributed by atoms with van der Waals surface area (Å²) in [6.07, 6.45) is 4.02. The van der Waals surface area contributed by atoms with Gasteiger partial charge in [0.2, 0.25) is 17.7 Å². The Labute approximate surface area is 220 Å². The molecule has 198 valence electrons. The maximum absolute atomic E-state index is 13.4. The maximum atomic E-state index is 13.4. The Morgan fingerprint density at radius 1 is 1.06 bits per heavy atom. The summed E-state index contributed by atoms with van der Waals surface area (Å²) in [4.78, 5) is 53.6. The zero-order valence-corrected chi connectivity index (χ0v) is 22.3. The van der Waals surface area contributed by atoms with Gasteiger partial charge in [-0.15, -0.1) is 0 Å². The molecule has 3 amide bonds. The number of carbonyl (C=O) groups is 4. The van der Waals surface area contributed by atoms with Crippen LogP contribution in [0.1, 0.15) is 25.8 Å². The van der Waals surface area contributed by atoms with Crippen molar-refractivity contribution in [1.82, 2.24) is 20.9 Å². The number of hydrogen-bond donors (Lipinski definition) is 7. The fourth-order valence-corrected chi connectivity index (χ4v) is 4.27. The highest BCUT2D eigenvalue weighted by molar-refractivity contribution is 7.98. The molecular formula is C24H35N5O5S2. The van der Waals surface area contributed by atoms with Crippen molar-refractivity contribution in [2.24, 2.45) is 11.7 Å². The predicted molar refractivity (Wildman–Crippen MR) is 145 cm³/mol. The van der Waals surface area contributed by atoms with Crippen molar-refractivity contribution in [1.29, 1.82) is 0 Å². The van der Waals surface area contributed by atoms with Gasteiger partial charge in [0.25, 0.3) is 0 Å². The first-order valence-corrected chi connectivity index (χ1v) is 13.7. The Morgan fingerprint density at radius 2 is 1.72 bits per heavy atom. The van der Waals surface area contributed by atoms with Gasteiger partial charge in [-0.2, -0.15) is 24.4 Å². The molecule has 0 bridgehead atoms. The van der Waals surface area contributed by atoms with Gasteiger partial charge in [0.15, 0.2) is 0 Å². The third-order valence-electron chi connectivity index (χ3n) is 5.74. The number of thiol groups is 1. The SMILES string of the molecule is CSCCC(NC(=O)C(NC(=O)C(Cc1c[nH]c2ccccc12)NC(=O)C(N)CS)C(C)C)C(=O)O. The van der Waals surface area contributed by atoms with Crippen LogP contribution >= 0.6 is 24.4 Å². The van der Waals surface area contributed by atoms with Crippen molar-refractivity contribution < 1.29 is 24.3 Å². The highest BCUT2D eigenvalue weighted by Gasteiger charge is 2.32. The average molecular weight is 538 g/mol. The van der Waals surface area contributed by atoms with Crippen molar-refractivity contribution in [3.8, 4) is 0 Å². The Bertz CT molecular complexity index is 1060. The first kappa shape index (κ1) is 29.5. The van der Waals surface area contributed by atoms with Crippen molar-refractivity contribution in [3.63, 3.8) is 0 Å². The van der Waals surface area contributed by atoms with Crippen LogP contribution in [0.2, 0.25) is 0 Å². The first-order valence-electron chi connectivity index (χ1n) is 11.6. The summed E-state index contributed by atoms with van der Waals surface area (Å²) in [5, 5.41) is 18.3. The van der Waals surface area contributed by atoms with E-state index in [2.05, 4.69) is 33.6 Å². The standard InChI is InChI=1S/C24H35N5O5S2/c1-13(2)20(23(32)27-18(24(33)34)8-9-36-3)29-22(31)19(28-21(30)16(25)12-35)10-14-11-26-17-7-5-4-6-15(14)17/h4-7,11,13,16,18-20,26,35H,8-10,12,25H2,1-3H3,(H,27,32)(H,28,30)(H,29,31)(H,33,34). The van der Waals surface area contributed by atoms with Gasteiger partial charge in [-0.3, -0.25) is 14.4 Å². The number of benzene rings is 1. The molecule has 1 aromatic carbocycles. The van der Waals surface area contributed by atoms with Gasteiger partial charge in [-0.05, 0) is 36.0 Å². The number of para-hydroxylation sites is 1. The van der Waals surface area contributed by atoms with Crippen LogP contribution in [0.5, 0.6) is 0 Å². The number of H-pyrrole nitrogens is 1. The van der Waals surface area contributed by atoms with E-state index >= 15 is 0 Å². The molecule has 10 nitrogen and oxygen atoms in total. The molecule has 0 aliphatic heterocycles. The van der Waals surface area contributed by atoms with E-state index in [9.17, 15) is 24.3 Å². The summed E-state index contributed by atoms with van der Waals surface area (Å²) >= 11 is 5.53. The molecule has 0 spiro atoms. The molecule has 0 saturated carbocycles. The molecule has 1 aromatic heterocycles.